The van der Waals surface area contributed by atoms with E-state index < -0.39 is 0 Å². The molecule has 0 saturated carbocycles. The maximum absolute atomic E-state index is 8.78. The van der Waals surface area contributed by atoms with Gasteiger partial charge in [-0.3, -0.25) is 0 Å². The molecule has 0 N–H and O–H groups in total. The van der Waals surface area contributed by atoms with E-state index in [-0.39, 0.29) is 0 Å². The summed E-state index contributed by atoms with van der Waals surface area (Å²) in [6.45, 7) is 2.23. The number of rotatable bonds is 5. The first-order valence-electron chi connectivity index (χ1n) is 6.42. The van der Waals surface area contributed by atoms with E-state index in [4.69, 9.17) is 5.26 Å². The zero-order chi connectivity index (χ0) is 12.8. The smallest absolute Gasteiger partial charge is 0.0991 e. The molecular formula is C16H17NS. The van der Waals surface area contributed by atoms with Crippen molar-refractivity contribution in [2.24, 2.45) is 0 Å². The molecule has 0 unspecified atom stereocenters. The Morgan fingerprint density at radius 3 is 2.50 bits per heavy atom. The van der Waals surface area contributed by atoms with Crippen LogP contribution in [0.4, 0.5) is 0 Å². The molecule has 18 heavy (non-hydrogen) atoms. The number of benzene rings is 1. The van der Waals surface area contributed by atoms with Gasteiger partial charge in [0.15, 0.2) is 0 Å². The molecule has 0 bridgehead atoms. The minimum Gasteiger partial charge on any atom is -0.192 e. The number of nitrogens with zero attached hydrogens (tertiary/aromatic N) is 1. The van der Waals surface area contributed by atoms with Crippen LogP contribution in [0.3, 0.4) is 0 Å². The van der Waals surface area contributed by atoms with Gasteiger partial charge < -0.3 is 0 Å². The Balaban J connectivity index is 2.06. The molecule has 2 rings (SSSR count). The maximum atomic E-state index is 8.78. The van der Waals surface area contributed by atoms with Gasteiger partial charge in [0.1, 0.15) is 0 Å². The number of nitriles is 1. The van der Waals surface area contributed by atoms with E-state index in [0.29, 0.717) is 0 Å². The van der Waals surface area contributed by atoms with E-state index in [1.807, 2.05) is 35.6 Å². The molecule has 0 aliphatic heterocycles. The first-order valence-corrected chi connectivity index (χ1v) is 7.24. The van der Waals surface area contributed by atoms with E-state index in [2.05, 4.69) is 25.1 Å². The quantitative estimate of drug-likeness (QED) is 0.688. The number of thiophene rings is 1. The lowest BCUT2D eigenvalue weighted by Crippen LogP contribution is -1.79. The van der Waals surface area contributed by atoms with Gasteiger partial charge in [0.2, 0.25) is 0 Å². The summed E-state index contributed by atoms with van der Waals surface area (Å²) < 4.78 is 0. The Morgan fingerprint density at radius 1 is 1.06 bits per heavy atom. The molecule has 2 heteroatoms. The molecule has 0 aliphatic rings. The second kappa shape index (κ2) is 6.37. The minimum absolute atomic E-state index is 0.721. The molecule has 92 valence electrons. The summed E-state index contributed by atoms with van der Waals surface area (Å²) in [5.41, 5.74) is 1.93. The summed E-state index contributed by atoms with van der Waals surface area (Å²) in [6.07, 6.45) is 5.05. The Kier molecular flexibility index (Phi) is 4.55. The van der Waals surface area contributed by atoms with Crippen molar-refractivity contribution in [2.45, 2.75) is 32.6 Å². The van der Waals surface area contributed by atoms with E-state index in [0.717, 1.165) is 5.56 Å². The molecule has 0 aliphatic carbocycles. The van der Waals surface area contributed by atoms with E-state index in [1.165, 1.54) is 41.0 Å². The standard InChI is InChI=1S/C16H17NS/c1-2-3-4-5-15-10-11-16(18-15)14-8-6-13(12-17)7-9-14/h6-11H,2-5H2,1H3. The highest BCUT2D eigenvalue weighted by Crippen LogP contribution is 2.29. The Morgan fingerprint density at radius 2 is 1.83 bits per heavy atom. The van der Waals surface area contributed by atoms with E-state index >= 15 is 0 Å². The average molecular weight is 255 g/mol. The second-order valence-corrected chi connectivity index (χ2v) is 5.58. The summed E-state index contributed by atoms with van der Waals surface area (Å²) in [6, 6.07) is 14.4. The van der Waals surface area contributed by atoms with E-state index in [9.17, 15) is 0 Å². The predicted octanol–water partition coefficient (Wildman–Crippen LogP) is 5.02. The van der Waals surface area contributed by atoms with Gasteiger partial charge in [-0.25, -0.2) is 0 Å². The number of unbranched alkanes of at least 4 members (excludes halogenated alkanes) is 2. The highest BCUT2D eigenvalue weighted by molar-refractivity contribution is 7.15. The molecular weight excluding hydrogens is 238 g/mol. The molecule has 0 fully saturated rings. The van der Waals surface area contributed by atoms with Gasteiger partial charge >= 0.3 is 0 Å². The molecule has 2 aromatic rings. The maximum Gasteiger partial charge on any atom is 0.0991 e. The summed E-state index contributed by atoms with van der Waals surface area (Å²) in [5.74, 6) is 0. The number of hydrogen-bond acceptors (Lipinski definition) is 2. The minimum atomic E-state index is 0.721. The molecule has 1 nitrogen and oxygen atoms in total. The van der Waals surface area contributed by atoms with E-state index in [1.54, 1.807) is 0 Å². The Bertz CT molecular complexity index is 531. The summed E-state index contributed by atoms with van der Waals surface area (Å²) in [4.78, 5) is 2.76. The van der Waals surface area contributed by atoms with Crippen LogP contribution in [0, 0.1) is 11.3 Å². The van der Waals surface area contributed by atoms with Crippen LogP contribution in [0.2, 0.25) is 0 Å². The van der Waals surface area contributed by atoms with Crippen LogP contribution in [0.1, 0.15) is 36.6 Å². The highest BCUT2D eigenvalue weighted by Gasteiger charge is 2.03. The molecule has 0 saturated heterocycles. The lowest BCUT2D eigenvalue weighted by Gasteiger charge is -1.97. The lowest BCUT2D eigenvalue weighted by atomic mass is 10.1. The summed E-state index contributed by atoms with van der Waals surface area (Å²) >= 11 is 1.87. The van der Waals surface area contributed by atoms with Crippen molar-refractivity contribution >= 4 is 11.3 Å². The second-order valence-electron chi connectivity index (χ2n) is 4.41. The van der Waals surface area contributed by atoms with Gasteiger partial charge in [-0.05, 0) is 42.7 Å². The van der Waals surface area contributed by atoms with Crippen LogP contribution in [0.5, 0.6) is 0 Å². The third-order valence-corrected chi connectivity index (χ3v) is 4.18. The first kappa shape index (κ1) is 12.9. The van der Waals surface area contributed by atoms with Gasteiger partial charge in [0, 0.05) is 9.75 Å². The topological polar surface area (TPSA) is 23.8 Å². The van der Waals surface area contributed by atoms with Crippen molar-refractivity contribution in [3.05, 3.63) is 46.8 Å². The van der Waals surface area contributed by atoms with Gasteiger partial charge in [-0.15, -0.1) is 11.3 Å². The van der Waals surface area contributed by atoms with Crippen molar-refractivity contribution in [3.63, 3.8) is 0 Å². The lowest BCUT2D eigenvalue weighted by molar-refractivity contribution is 0.722. The van der Waals surface area contributed by atoms with Crippen molar-refractivity contribution in [3.8, 4) is 16.5 Å². The molecule has 1 aromatic carbocycles. The molecule has 0 atom stereocenters. The zero-order valence-corrected chi connectivity index (χ0v) is 11.5. The fourth-order valence-corrected chi connectivity index (χ4v) is 2.98. The van der Waals surface area contributed by atoms with Gasteiger partial charge in [0.05, 0.1) is 11.6 Å². The van der Waals surface area contributed by atoms with Crippen molar-refractivity contribution in [1.82, 2.24) is 0 Å². The van der Waals surface area contributed by atoms with Crippen molar-refractivity contribution in [2.75, 3.05) is 0 Å². The van der Waals surface area contributed by atoms with Crippen molar-refractivity contribution < 1.29 is 0 Å². The van der Waals surface area contributed by atoms with Crippen LogP contribution >= 0.6 is 11.3 Å². The zero-order valence-electron chi connectivity index (χ0n) is 10.6. The van der Waals surface area contributed by atoms with Crippen LogP contribution in [0.25, 0.3) is 10.4 Å². The number of hydrogen-bond donors (Lipinski definition) is 0. The first-order chi connectivity index (χ1) is 8.83. The monoisotopic (exact) mass is 255 g/mol. The summed E-state index contributed by atoms with van der Waals surface area (Å²) in [5, 5.41) is 8.78. The average Bonchev–Trinajstić information content (AvgIpc) is 2.88. The molecule has 0 amide bonds. The highest BCUT2D eigenvalue weighted by atomic mass is 32.1. The van der Waals surface area contributed by atoms with Crippen LogP contribution in [0.15, 0.2) is 36.4 Å². The third kappa shape index (κ3) is 3.21. The largest absolute Gasteiger partial charge is 0.192 e. The Hall–Kier alpha value is -1.59. The third-order valence-electron chi connectivity index (χ3n) is 2.99. The SMILES string of the molecule is CCCCCc1ccc(-c2ccc(C#N)cc2)s1. The molecule has 0 radical (unpaired) electrons. The molecule has 1 aromatic heterocycles. The van der Waals surface area contributed by atoms with Crippen LogP contribution in [-0.2, 0) is 6.42 Å². The van der Waals surface area contributed by atoms with Crippen LogP contribution in [-0.4, -0.2) is 0 Å². The summed E-state index contributed by atoms with van der Waals surface area (Å²) in [7, 11) is 0. The predicted molar refractivity (Wildman–Crippen MR) is 77.7 cm³/mol. The Labute approximate surface area is 113 Å². The van der Waals surface area contributed by atoms with Crippen LogP contribution < -0.4 is 0 Å². The fourth-order valence-electron chi connectivity index (χ4n) is 1.93. The molecule has 1 heterocycles. The van der Waals surface area contributed by atoms with Crippen molar-refractivity contribution in [1.29, 1.82) is 5.26 Å². The van der Waals surface area contributed by atoms with Gasteiger partial charge in [-0.2, -0.15) is 5.26 Å². The number of aryl methyl sites for hydroxylation is 1. The van der Waals surface area contributed by atoms with Gasteiger partial charge in [-0.1, -0.05) is 31.9 Å². The fraction of sp³-hybridized carbons (Fsp3) is 0.312. The molecule has 0 spiro atoms. The van der Waals surface area contributed by atoms with Gasteiger partial charge in [0.25, 0.3) is 0 Å². The normalized spacial score (nSPS) is 10.2.